The molecule has 0 aliphatic carbocycles. The number of alkyl halides is 1. The van der Waals surface area contributed by atoms with Crippen molar-refractivity contribution in [2.24, 2.45) is 0 Å². The topological polar surface area (TPSA) is 8.17 Å². The first-order valence-electron chi connectivity index (χ1n) is 11.8. The Kier molecular flexibility index (Phi) is 5.94. The smallest absolute Gasteiger partial charge is 0.164 e. The lowest BCUT2D eigenvalue weighted by atomic mass is 9.94. The van der Waals surface area contributed by atoms with E-state index in [-0.39, 0.29) is 5.82 Å². The van der Waals surface area contributed by atoms with Crippen LogP contribution in [0.4, 0.5) is 4.39 Å². The molecule has 0 saturated carbocycles. The summed E-state index contributed by atoms with van der Waals surface area (Å²) in [7, 11) is 0. The van der Waals surface area contributed by atoms with Crippen molar-refractivity contribution >= 4 is 44.5 Å². The molecule has 1 atom stereocenters. The highest BCUT2D eigenvalue weighted by Gasteiger charge is 2.45. The summed E-state index contributed by atoms with van der Waals surface area (Å²) >= 11 is 11.1. The lowest BCUT2D eigenvalue weighted by molar-refractivity contribution is 0.270. The number of para-hydroxylation sites is 1. The summed E-state index contributed by atoms with van der Waals surface area (Å²) in [6.07, 6.45) is 4.35. The average Bonchev–Trinajstić information content (AvgIpc) is 3.22. The monoisotopic (exact) mass is 556 g/mol. The van der Waals surface area contributed by atoms with Crippen LogP contribution in [0.3, 0.4) is 0 Å². The van der Waals surface area contributed by atoms with Gasteiger partial charge in [-0.1, -0.05) is 90.5 Å². The van der Waals surface area contributed by atoms with E-state index in [0.29, 0.717) is 18.1 Å². The number of halogens is 3. The molecule has 6 rings (SSSR count). The maximum absolute atomic E-state index is 13.7. The zero-order chi connectivity index (χ0) is 24.7. The highest BCUT2D eigenvalue weighted by molar-refractivity contribution is 9.09. The Balaban J connectivity index is 1.61. The fourth-order valence-corrected chi connectivity index (χ4v) is 6.55. The average molecular weight is 558 g/mol. The SMILES string of the molecule is Fc1ccc(Cn2c3c(c4ccccc42)C=CN(Cc2ccccc2)C3(Br)c2ccccc2Cl)cc1. The van der Waals surface area contributed by atoms with Crippen LogP contribution < -0.4 is 0 Å². The van der Waals surface area contributed by atoms with Gasteiger partial charge < -0.3 is 9.47 Å². The van der Waals surface area contributed by atoms with Gasteiger partial charge in [-0.25, -0.2) is 4.39 Å². The highest BCUT2D eigenvalue weighted by atomic mass is 79.9. The van der Waals surface area contributed by atoms with E-state index in [2.05, 4.69) is 92.3 Å². The van der Waals surface area contributed by atoms with Crippen LogP contribution in [-0.4, -0.2) is 9.47 Å². The largest absolute Gasteiger partial charge is 0.349 e. The molecule has 2 nitrogen and oxygen atoms in total. The number of nitrogens with zero attached hydrogens (tertiary/aromatic N) is 2. The first-order chi connectivity index (χ1) is 17.6. The zero-order valence-electron chi connectivity index (χ0n) is 19.4. The van der Waals surface area contributed by atoms with Gasteiger partial charge in [-0.2, -0.15) is 0 Å². The molecule has 0 fully saturated rings. The van der Waals surface area contributed by atoms with Crippen molar-refractivity contribution in [3.8, 4) is 0 Å². The van der Waals surface area contributed by atoms with Crippen molar-refractivity contribution in [2.75, 3.05) is 0 Å². The zero-order valence-corrected chi connectivity index (χ0v) is 21.8. The Labute approximate surface area is 223 Å². The van der Waals surface area contributed by atoms with Crippen LogP contribution in [-0.2, 0) is 17.5 Å². The van der Waals surface area contributed by atoms with E-state index in [1.807, 2.05) is 36.4 Å². The fourth-order valence-electron chi connectivity index (χ4n) is 5.15. The van der Waals surface area contributed by atoms with Crippen LogP contribution in [0.15, 0.2) is 109 Å². The lowest BCUT2D eigenvalue weighted by Crippen LogP contribution is -2.42. The Morgan fingerprint density at radius 3 is 2.19 bits per heavy atom. The summed E-state index contributed by atoms with van der Waals surface area (Å²) < 4.78 is 15.3. The second-order valence-corrected chi connectivity index (χ2v) is 10.6. The minimum atomic E-state index is -0.732. The summed E-state index contributed by atoms with van der Waals surface area (Å²) in [5.41, 5.74) is 6.56. The number of benzene rings is 4. The second kappa shape index (κ2) is 9.27. The van der Waals surface area contributed by atoms with E-state index in [9.17, 15) is 4.39 Å². The van der Waals surface area contributed by atoms with Crippen molar-refractivity contribution in [3.05, 3.63) is 148 Å². The molecule has 0 radical (unpaired) electrons. The third-order valence-electron chi connectivity index (χ3n) is 6.82. The molecule has 0 bridgehead atoms. The number of fused-ring (bicyclic) bond motifs is 3. The third kappa shape index (κ3) is 3.85. The minimum absolute atomic E-state index is 0.235. The molecular weight excluding hydrogens is 535 g/mol. The van der Waals surface area contributed by atoms with Gasteiger partial charge in [0.2, 0.25) is 0 Å². The van der Waals surface area contributed by atoms with Crippen LogP contribution in [0.2, 0.25) is 5.02 Å². The molecule has 1 unspecified atom stereocenters. The quantitative estimate of drug-likeness (QED) is 0.155. The van der Waals surface area contributed by atoms with Crippen LogP contribution in [0.5, 0.6) is 0 Å². The number of rotatable bonds is 5. The Morgan fingerprint density at radius 1 is 0.750 bits per heavy atom. The van der Waals surface area contributed by atoms with Crippen molar-refractivity contribution < 1.29 is 4.39 Å². The summed E-state index contributed by atoms with van der Waals surface area (Å²) in [6.45, 7) is 1.28. The van der Waals surface area contributed by atoms with E-state index in [1.165, 1.54) is 23.1 Å². The van der Waals surface area contributed by atoms with E-state index in [0.717, 1.165) is 27.9 Å². The first kappa shape index (κ1) is 23.1. The minimum Gasteiger partial charge on any atom is -0.349 e. The van der Waals surface area contributed by atoms with Gasteiger partial charge in [-0.3, -0.25) is 0 Å². The molecule has 0 spiro atoms. The van der Waals surface area contributed by atoms with E-state index < -0.39 is 4.45 Å². The van der Waals surface area contributed by atoms with Gasteiger partial charge in [0.15, 0.2) is 4.45 Å². The fraction of sp³-hybridized carbons (Fsp3) is 0.0968. The van der Waals surface area contributed by atoms with Gasteiger partial charge in [0.1, 0.15) is 5.82 Å². The van der Waals surface area contributed by atoms with Crippen LogP contribution in [0.25, 0.3) is 17.0 Å². The van der Waals surface area contributed by atoms with Crippen LogP contribution >= 0.6 is 27.5 Å². The predicted molar refractivity (Wildman–Crippen MR) is 150 cm³/mol. The summed E-state index contributed by atoms with van der Waals surface area (Å²) in [5.74, 6) is -0.235. The number of aromatic nitrogens is 1. The van der Waals surface area contributed by atoms with Gasteiger partial charge >= 0.3 is 0 Å². The molecule has 1 aliphatic heterocycles. The molecule has 36 heavy (non-hydrogen) atoms. The summed E-state index contributed by atoms with van der Waals surface area (Å²) in [4.78, 5) is 2.30. The first-order valence-corrected chi connectivity index (χ1v) is 13.0. The number of hydrogen-bond acceptors (Lipinski definition) is 1. The molecule has 5 heteroatoms. The Hall–Kier alpha value is -3.34. The van der Waals surface area contributed by atoms with Crippen molar-refractivity contribution in [2.45, 2.75) is 17.5 Å². The molecule has 4 aromatic carbocycles. The van der Waals surface area contributed by atoms with Crippen molar-refractivity contribution in [3.63, 3.8) is 0 Å². The molecule has 0 N–H and O–H groups in total. The Morgan fingerprint density at radius 2 is 1.42 bits per heavy atom. The standard InChI is InChI=1S/C31H23BrClFN2/c32-31(27-11-5-6-12-28(27)33)30-26(18-19-35(31)20-22-8-2-1-3-9-22)25-10-4-7-13-29(25)36(30)21-23-14-16-24(34)17-15-23/h1-19H,20-21H2. The maximum Gasteiger partial charge on any atom is 0.164 e. The Bertz CT molecular complexity index is 1580. The predicted octanol–water partition coefficient (Wildman–Crippen LogP) is 8.56. The maximum atomic E-state index is 13.7. The molecule has 2 heterocycles. The third-order valence-corrected chi connectivity index (χ3v) is 8.41. The van der Waals surface area contributed by atoms with E-state index >= 15 is 0 Å². The highest BCUT2D eigenvalue weighted by Crippen LogP contribution is 2.51. The molecule has 1 aliphatic rings. The molecule has 0 saturated heterocycles. The van der Waals surface area contributed by atoms with E-state index in [4.69, 9.17) is 11.6 Å². The normalized spacial score (nSPS) is 16.9. The van der Waals surface area contributed by atoms with Crippen molar-refractivity contribution in [1.82, 2.24) is 9.47 Å². The summed E-state index contributed by atoms with van der Waals surface area (Å²) in [6, 6.07) is 33.6. The lowest BCUT2D eigenvalue weighted by Gasteiger charge is -2.43. The molecule has 5 aromatic rings. The van der Waals surface area contributed by atoms with Gasteiger partial charge in [0, 0.05) is 46.3 Å². The summed E-state index contributed by atoms with van der Waals surface area (Å²) in [5, 5.41) is 1.85. The molecule has 178 valence electrons. The van der Waals surface area contributed by atoms with Crippen LogP contribution in [0, 0.1) is 5.82 Å². The van der Waals surface area contributed by atoms with Crippen LogP contribution in [0.1, 0.15) is 27.9 Å². The van der Waals surface area contributed by atoms with Crippen molar-refractivity contribution in [1.29, 1.82) is 0 Å². The molecule has 0 amide bonds. The second-order valence-electron chi connectivity index (χ2n) is 9.02. The molecule has 1 aromatic heterocycles. The van der Waals surface area contributed by atoms with Gasteiger partial charge in [0.25, 0.3) is 0 Å². The molecular formula is C31H23BrClFN2. The van der Waals surface area contributed by atoms with Gasteiger partial charge in [-0.15, -0.1) is 0 Å². The van der Waals surface area contributed by atoms with E-state index in [1.54, 1.807) is 0 Å². The van der Waals surface area contributed by atoms with Gasteiger partial charge in [0.05, 0.1) is 5.69 Å². The van der Waals surface area contributed by atoms with Gasteiger partial charge in [-0.05, 0) is 57.4 Å². The number of hydrogen-bond donors (Lipinski definition) is 0.